The summed E-state index contributed by atoms with van der Waals surface area (Å²) >= 11 is 5.77. The van der Waals surface area contributed by atoms with Gasteiger partial charge in [-0.3, -0.25) is 15.0 Å². The first-order chi connectivity index (χ1) is 13.7. The van der Waals surface area contributed by atoms with E-state index < -0.39 is 38.6 Å². The van der Waals surface area contributed by atoms with Gasteiger partial charge in [-0.05, 0) is 24.7 Å². The summed E-state index contributed by atoms with van der Waals surface area (Å²) in [6.07, 6.45) is -0.879. The molecule has 3 rings (SSSR count). The summed E-state index contributed by atoms with van der Waals surface area (Å²) < 4.78 is 29.8. The Bertz CT molecular complexity index is 1030. The number of halogens is 1. The van der Waals surface area contributed by atoms with Gasteiger partial charge >= 0.3 is 5.97 Å². The van der Waals surface area contributed by atoms with Crippen molar-refractivity contribution < 1.29 is 22.9 Å². The van der Waals surface area contributed by atoms with Gasteiger partial charge in [0.2, 0.25) is 0 Å². The van der Waals surface area contributed by atoms with Gasteiger partial charge in [-0.1, -0.05) is 41.9 Å². The molecule has 1 aliphatic rings. The monoisotopic (exact) mass is 438 g/mol. The molecule has 2 aromatic carbocycles. The van der Waals surface area contributed by atoms with Crippen molar-refractivity contribution in [2.24, 2.45) is 0 Å². The van der Waals surface area contributed by atoms with Crippen LogP contribution in [0.2, 0.25) is 5.02 Å². The van der Waals surface area contributed by atoms with E-state index in [1.54, 1.807) is 7.05 Å². The molecule has 1 fully saturated rings. The van der Waals surface area contributed by atoms with Gasteiger partial charge in [0.15, 0.2) is 9.84 Å². The van der Waals surface area contributed by atoms with Gasteiger partial charge in [-0.25, -0.2) is 13.2 Å². The molecule has 1 aliphatic heterocycles. The minimum absolute atomic E-state index is 0.0603. The van der Waals surface area contributed by atoms with Gasteiger partial charge in [0.1, 0.15) is 11.1 Å². The first-order valence-electron chi connectivity index (χ1n) is 8.76. The van der Waals surface area contributed by atoms with E-state index in [2.05, 4.69) is 0 Å². The van der Waals surface area contributed by atoms with Crippen LogP contribution in [-0.4, -0.2) is 54.9 Å². The number of hydrogen-bond donors (Lipinski definition) is 0. The molecule has 0 saturated carbocycles. The lowest BCUT2D eigenvalue weighted by Gasteiger charge is -2.28. The largest absolute Gasteiger partial charge is 0.456 e. The van der Waals surface area contributed by atoms with Crippen molar-refractivity contribution in [1.82, 2.24) is 4.90 Å². The van der Waals surface area contributed by atoms with E-state index in [1.165, 1.54) is 12.1 Å². The minimum Gasteiger partial charge on any atom is -0.456 e. The number of rotatable bonds is 6. The Balaban J connectivity index is 1.78. The zero-order chi connectivity index (χ0) is 21.2. The van der Waals surface area contributed by atoms with Crippen LogP contribution < -0.4 is 0 Å². The third-order valence-corrected chi connectivity index (χ3v) is 6.76. The summed E-state index contributed by atoms with van der Waals surface area (Å²) in [5.41, 5.74) is 0.519. The van der Waals surface area contributed by atoms with Gasteiger partial charge < -0.3 is 4.74 Å². The highest BCUT2D eigenvalue weighted by Gasteiger charge is 2.42. The molecular weight excluding hydrogens is 420 g/mol. The maximum Gasteiger partial charge on any atom is 0.338 e. The molecule has 0 N–H and O–H groups in total. The smallest absolute Gasteiger partial charge is 0.338 e. The van der Waals surface area contributed by atoms with E-state index in [0.29, 0.717) is 6.54 Å². The van der Waals surface area contributed by atoms with Crippen molar-refractivity contribution in [3.05, 3.63) is 74.8 Å². The number of esters is 1. The molecule has 8 nitrogen and oxygen atoms in total. The number of carbonyl (C=O) groups excluding carboxylic acids is 1. The number of sulfone groups is 1. The molecule has 10 heteroatoms. The highest BCUT2D eigenvalue weighted by molar-refractivity contribution is 7.91. The first-order valence-corrected chi connectivity index (χ1v) is 11.0. The summed E-state index contributed by atoms with van der Waals surface area (Å²) in [5, 5.41) is 10.9. The second-order valence-corrected chi connectivity index (χ2v) is 9.47. The van der Waals surface area contributed by atoms with Crippen LogP contribution in [0.1, 0.15) is 15.9 Å². The molecule has 0 radical (unpaired) electrons. The van der Waals surface area contributed by atoms with E-state index in [4.69, 9.17) is 16.3 Å². The fourth-order valence-corrected chi connectivity index (χ4v) is 5.40. The SMILES string of the molecule is CN(Cc1ccccc1)C1CS(=O)(=O)CC1OC(=O)c1ccc(Cl)c([N+](=O)[O-])c1. The van der Waals surface area contributed by atoms with Crippen LogP contribution in [0.15, 0.2) is 48.5 Å². The normalized spacial score (nSPS) is 20.5. The second-order valence-electron chi connectivity index (χ2n) is 6.91. The van der Waals surface area contributed by atoms with Crippen molar-refractivity contribution in [1.29, 1.82) is 0 Å². The molecule has 29 heavy (non-hydrogen) atoms. The van der Waals surface area contributed by atoms with Gasteiger partial charge in [-0.15, -0.1) is 0 Å². The highest BCUT2D eigenvalue weighted by Crippen LogP contribution is 2.27. The van der Waals surface area contributed by atoms with Crippen LogP contribution in [0.4, 0.5) is 5.69 Å². The Morgan fingerprint density at radius 3 is 2.59 bits per heavy atom. The first kappa shape index (κ1) is 21.2. The lowest BCUT2D eigenvalue weighted by atomic mass is 10.1. The summed E-state index contributed by atoms with van der Waals surface area (Å²) in [6.45, 7) is 0.488. The Morgan fingerprint density at radius 2 is 1.93 bits per heavy atom. The number of carbonyl (C=O) groups is 1. The van der Waals surface area contributed by atoms with Gasteiger partial charge in [0.25, 0.3) is 5.69 Å². The Hall–Kier alpha value is -2.49. The molecule has 0 bridgehead atoms. The number of likely N-dealkylation sites (N-methyl/N-ethyl adjacent to an activating group) is 1. The fourth-order valence-electron chi connectivity index (χ4n) is 3.29. The van der Waals surface area contributed by atoms with Gasteiger partial charge in [0.05, 0.1) is 28.0 Å². The van der Waals surface area contributed by atoms with Crippen LogP contribution in [0.5, 0.6) is 0 Å². The summed E-state index contributed by atoms with van der Waals surface area (Å²) in [7, 11) is -1.62. The molecule has 154 valence electrons. The van der Waals surface area contributed by atoms with E-state index in [1.807, 2.05) is 35.2 Å². The third kappa shape index (κ3) is 5.11. The number of ether oxygens (including phenoxy) is 1. The van der Waals surface area contributed by atoms with Crippen LogP contribution in [0.25, 0.3) is 0 Å². The number of benzene rings is 2. The number of hydrogen-bond acceptors (Lipinski definition) is 7. The predicted molar refractivity (Wildman–Crippen MR) is 108 cm³/mol. The summed E-state index contributed by atoms with van der Waals surface area (Å²) in [5.74, 6) is -1.25. The van der Waals surface area contributed by atoms with Crippen molar-refractivity contribution >= 4 is 33.1 Å². The summed E-state index contributed by atoms with van der Waals surface area (Å²) in [6, 6.07) is 12.6. The molecule has 0 aliphatic carbocycles. The lowest BCUT2D eigenvalue weighted by Crippen LogP contribution is -2.42. The molecule has 0 aromatic heterocycles. The van der Waals surface area contributed by atoms with Crippen molar-refractivity contribution in [2.45, 2.75) is 18.7 Å². The molecule has 2 atom stereocenters. The number of nitro groups is 1. The molecular formula is C19H19ClN2O6S. The second kappa shape index (κ2) is 8.48. The Morgan fingerprint density at radius 1 is 1.24 bits per heavy atom. The standard InChI is InChI=1S/C19H19ClN2O6S/c1-21(10-13-5-3-2-4-6-13)17-11-29(26,27)12-18(17)28-19(23)14-7-8-15(20)16(9-14)22(24)25/h2-9,17-18H,10-12H2,1H3. The number of nitrogens with zero attached hydrogens (tertiary/aromatic N) is 2. The Labute approximate surface area is 173 Å². The quantitative estimate of drug-likeness (QED) is 0.387. The van der Waals surface area contributed by atoms with Gasteiger partial charge in [-0.2, -0.15) is 0 Å². The molecule has 2 unspecified atom stereocenters. The molecule has 0 spiro atoms. The van der Waals surface area contributed by atoms with Crippen LogP contribution in [0, 0.1) is 10.1 Å². The van der Waals surface area contributed by atoms with Crippen molar-refractivity contribution in [2.75, 3.05) is 18.6 Å². The minimum atomic E-state index is -3.39. The van der Waals surface area contributed by atoms with Gasteiger partial charge in [0, 0.05) is 12.6 Å². The number of nitro benzene ring substituents is 1. The third-order valence-electron chi connectivity index (χ3n) is 4.75. The Kier molecular flexibility index (Phi) is 6.21. The fraction of sp³-hybridized carbons (Fsp3) is 0.316. The van der Waals surface area contributed by atoms with Crippen LogP contribution in [-0.2, 0) is 21.1 Å². The maximum absolute atomic E-state index is 12.5. The average molecular weight is 439 g/mol. The topological polar surface area (TPSA) is 107 Å². The maximum atomic E-state index is 12.5. The van der Waals surface area contributed by atoms with E-state index >= 15 is 0 Å². The van der Waals surface area contributed by atoms with Crippen molar-refractivity contribution in [3.63, 3.8) is 0 Å². The molecule has 1 heterocycles. The average Bonchev–Trinajstić information content (AvgIpc) is 2.97. The van der Waals surface area contributed by atoms with E-state index in [9.17, 15) is 23.3 Å². The lowest BCUT2D eigenvalue weighted by molar-refractivity contribution is -0.384. The predicted octanol–water partition coefficient (Wildman–Crippen LogP) is 2.70. The molecule has 2 aromatic rings. The summed E-state index contributed by atoms with van der Waals surface area (Å²) in [4.78, 5) is 24.7. The van der Waals surface area contributed by atoms with Crippen LogP contribution in [0.3, 0.4) is 0 Å². The van der Waals surface area contributed by atoms with E-state index in [0.717, 1.165) is 11.6 Å². The van der Waals surface area contributed by atoms with Crippen LogP contribution >= 0.6 is 11.6 Å². The molecule has 0 amide bonds. The zero-order valence-corrected chi connectivity index (χ0v) is 17.1. The van der Waals surface area contributed by atoms with Crippen molar-refractivity contribution in [3.8, 4) is 0 Å². The zero-order valence-electron chi connectivity index (χ0n) is 15.5. The van der Waals surface area contributed by atoms with E-state index in [-0.39, 0.29) is 22.1 Å². The molecule has 1 saturated heterocycles. The highest BCUT2D eigenvalue weighted by atomic mass is 35.5.